The number of carboxylic acid groups (broad SMARTS) is 1. The fourth-order valence-electron chi connectivity index (χ4n) is 3.27. The number of nitrogens with one attached hydrogen (secondary N) is 1. The number of hydrogen-bond donors (Lipinski definition) is 2. The van der Waals surface area contributed by atoms with Crippen LogP contribution in [-0.2, 0) is 4.79 Å². The van der Waals surface area contributed by atoms with Gasteiger partial charge in [-0.05, 0) is 39.3 Å². The minimum absolute atomic E-state index is 0.107. The van der Waals surface area contributed by atoms with E-state index in [1.165, 1.54) is 0 Å². The average Bonchev–Trinajstić information content (AvgIpc) is 2.81. The zero-order valence-electron chi connectivity index (χ0n) is 12.3. The van der Waals surface area contributed by atoms with E-state index < -0.39 is 11.9 Å². The molecule has 2 fully saturated rings. The lowest BCUT2D eigenvalue weighted by Crippen LogP contribution is -2.52. The molecule has 0 saturated carbocycles. The van der Waals surface area contributed by atoms with Gasteiger partial charge in [-0.3, -0.25) is 4.79 Å². The van der Waals surface area contributed by atoms with Crippen molar-refractivity contribution in [3.8, 4) is 0 Å². The summed E-state index contributed by atoms with van der Waals surface area (Å²) >= 11 is 0. The normalized spacial score (nSPS) is 31.3. The van der Waals surface area contributed by atoms with E-state index in [4.69, 9.17) is 5.11 Å². The van der Waals surface area contributed by atoms with Crippen molar-refractivity contribution in [2.75, 3.05) is 26.2 Å². The summed E-state index contributed by atoms with van der Waals surface area (Å²) in [5.74, 6) is -1.23. The van der Waals surface area contributed by atoms with Crippen LogP contribution in [0.25, 0.3) is 0 Å². The maximum Gasteiger partial charge on any atom is 0.317 e. The summed E-state index contributed by atoms with van der Waals surface area (Å²) in [5.41, 5.74) is 0. The Bertz CT molecular complexity index is 375. The number of carbonyl (C=O) groups excluding carboxylic acids is 1. The van der Waals surface area contributed by atoms with Gasteiger partial charge in [0.05, 0.1) is 5.92 Å². The summed E-state index contributed by atoms with van der Waals surface area (Å²) in [6.07, 6.45) is 2.66. The molecule has 0 aromatic rings. The highest BCUT2D eigenvalue weighted by molar-refractivity contribution is 5.78. The Balaban J connectivity index is 1.87. The molecular formula is C14H25N3O3. The first-order valence-electron chi connectivity index (χ1n) is 7.55. The number of likely N-dealkylation sites (tertiary alicyclic amines) is 2. The Morgan fingerprint density at radius 1 is 1.30 bits per heavy atom. The largest absolute Gasteiger partial charge is 0.481 e. The molecule has 2 heterocycles. The topological polar surface area (TPSA) is 72.9 Å². The highest BCUT2D eigenvalue weighted by atomic mass is 16.4. The zero-order valence-corrected chi connectivity index (χ0v) is 12.3. The number of amides is 2. The second-order valence-electron chi connectivity index (χ2n) is 5.85. The number of rotatable bonds is 3. The molecule has 0 aliphatic carbocycles. The van der Waals surface area contributed by atoms with E-state index in [2.05, 4.69) is 17.1 Å². The lowest BCUT2D eigenvalue weighted by atomic mass is 10.0. The number of carbonyl (C=O) groups is 2. The van der Waals surface area contributed by atoms with Crippen molar-refractivity contribution in [1.29, 1.82) is 0 Å². The van der Waals surface area contributed by atoms with Crippen molar-refractivity contribution in [2.45, 2.75) is 45.2 Å². The third-order valence-corrected chi connectivity index (χ3v) is 4.61. The molecule has 2 N–H and O–H groups in total. The van der Waals surface area contributed by atoms with Crippen LogP contribution in [0.3, 0.4) is 0 Å². The summed E-state index contributed by atoms with van der Waals surface area (Å²) in [6, 6.07) is -0.144. The molecule has 2 amide bonds. The Kier molecular flexibility index (Phi) is 4.86. The van der Waals surface area contributed by atoms with Crippen LogP contribution in [0, 0.1) is 5.92 Å². The molecule has 3 atom stereocenters. The molecule has 6 heteroatoms. The van der Waals surface area contributed by atoms with Gasteiger partial charge in [0, 0.05) is 25.2 Å². The van der Waals surface area contributed by atoms with Crippen molar-refractivity contribution in [3.63, 3.8) is 0 Å². The maximum atomic E-state index is 12.3. The van der Waals surface area contributed by atoms with Gasteiger partial charge in [-0.25, -0.2) is 4.79 Å². The van der Waals surface area contributed by atoms with Crippen LogP contribution >= 0.6 is 0 Å². The van der Waals surface area contributed by atoms with Gasteiger partial charge in [0.2, 0.25) is 0 Å². The van der Waals surface area contributed by atoms with Crippen LogP contribution in [0.5, 0.6) is 0 Å². The molecule has 2 saturated heterocycles. The highest BCUT2D eigenvalue weighted by Crippen LogP contribution is 2.24. The van der Waals surface area contributed by atoms with Crippen LogP contribution in [0.15, 0.2) is 0 Å². The van der Waals surface area contributed by atoms with Gasteiger partial charge in [0.15, 0.2) is 0 Å². The zero-order chi connectivity index (χ0) is 14.7. The van der Waals surface area contributed by atoms with E-state index in [0.29, 0.717) is 13.0 Å². The van der Waals surface area contributed by atoms with Gasteiger partial charge in [-0.2, -0.15) is 0 Å². The smallest absolute Gasteiger partial charge is 0.317 e. The number of piperidine rings is 1. The second-order valence-corrected chi connectivity index (χ2v) is 5.85. The van der Waals surface area contributed by atoms with Crippen LogP contribution < -0.4 is 5.32 Å². The predicted molar refractivity (Wildman–Crippen MR) is 75.6 cm³/mol. The molecule has 3 unspecified atom stereocenters. The van der Waals surface area contributed by atoms with Gasteiger partial charge in [-0.1, -0.05) is 6.92 Å². The van der Waals surface area contributed by atoms with E-state index >= 15 is 0 Å². The number of likely N-dealkylation sites (N-methyl/N-ethyl adjacent to an activating group) is 1. The van der Waals surface area contributed by atoms with Crippen LogP contribution in [0.1, 0.15) is 33.1 Å². The first-order valence-corrected chi connectivity index (χ1v) is 7.55. The van der Waals surface area contributed by atoms with Gasteiger partial charge in [-0.15, -0.1) is 0 Å². The molecule has 20 heavy (non-hydrogen) atoms. The lowest BCUT2D eigenvalue weighted by molar-refractivity contribution is -0.142. The quantitative estimate of drug-likeness (QED) is 0.809. The molecule has 0 bridgehead atoms. The second kappa shape index (κ2) is 6.43. The molecule has 2 aliphatic rings. The molecular weight excluding hydrogens is 258 g/mol. The summed E-state index contributed by atoms with van der Waals surface area (Å²) in [4.78, 5) is 27.4. The molecule has 0 aromatic heterocycles. The third kappa shape index (κ3) is 3.23. The molecule has 2 aliphatic heterocycles. The number of urea groups is 1. The van der Waals surface area contributed by atoms with E-state index in [0.717, 1.165) is 32.5 Å². The Morgan fingerprint density at radius 3 is 2.65 bits per heavy atom. The van der Waals surface area contributed by atoms with E-state index in [-0.39, 0.29) is 18.1 Å². The Hall–Kier alpha value is -1.30. The summed E-state index contributed by atoms with van der Waals surface area (Å²) in [6.45, 7) is 7.49. The Labute approximate surface area is 120 Å². The average molecular weight is 283 g/mol. The summed E-state index contributed by atoms with van der Waals surface area (Å²) in [7, 11) is 0. The summed E-state index contributed by atoms with van der Waals surface area (Å²) < 4.78 is 0. The van der Waals surface area contributed by atoms with Gasteiger partial charge in [0.1, 0.15) is 0 Å². The SMILES string of the molecule is CCN1CCCC(NC(=O)N2CCC(C(=O)O)C2C)C1. The number of nitrogens with zero attached hydrogens (tertiary/aromatic N) is 2. The first kappa shape index (κ1) is 15.1. The van der Waals surface area contributed by atoms with Gasteiger partial charge < -0.3 is 20.2 Å². The third-order valence-electron chi connectivity index (χ3n) is 4.61. The fraction of sp³-hybridized carbons (Fsp3) is 0.857. The highest BCUT2D eigenvalue weighted by Gasteiger charge is 2.38. The van der Waals surface area contributed by atoms with Crippen LogP contribution in [-0.4, -0.2) is 65.2 Å². The van der Waals surface area contributed by atoms with Crippen molar-refractivity contribution >= 4 is 12.0 Å². The molecule has 114 valence electrons. The fourth-order valence-corrected chi connectivity index (χ4v) is 3.27. The van der Waals surface area contributed by atoms with Crippen LogP contribution in [0.2, 0.25) is 0 Å². The molecule has 0 spiro atoms. The maximum absolute atomic E-state index is 12.3. The van der Waals surface area contributed by atoms with Gasteiger partial charge in [0.25, 0.3) is 0 Å². The standard InChI is InChI=1S/C14H25N3O3/c1-3-16-7-4-5-11(9-16)15-14(20)17-8-6-12(10(17)2)13(18)19/h10-12H,3-9H2,1-2H3,(H,15,20)(H,18,19). The Morgan fingerprint density at radius 2 is 2.05 bits per heavy atom. The van der Waals surface area contributed by atoms with E-state index in [1.54, 1.807) is 4.90 Å². The molecule has 2 rings (SSSR count). The van der Waals surface area contributed by atoms with Crippen molar-refractivity contribution < 1.29 is 14.7 Å². The number of carboxylic acids is 1. The number of aliphatic carboxylic acids is 1. The van der Waals surface area contributed by atoms with Gasteiger partial charge >= 0.3 is 12.0 Å². The lowest BCUT2D eigenvalue weighted by Gasteiger charge is -2.34. The van der Waals surface area contributed by atoms with E-state index in [1.807, 2.05) is 6.92 Å². The minimum atomic E-state index is -0.803. The van der Waals surface area contributed by atoms with Crippen molar-refractivity contribution in [2.24, 2.45) is 5.92 Å². The molecule has 0 aromatic carbocycles. The first-order chi connectivity index (χ1) is 9.52. The summed E-state index contributed by atoms with van der Waals surface area (Å²) in [5, 5.41) is 12.2. The predicted octanol–water partition coefficient (Wildman–Crippen LogP) is 0.975. The van der Waals surface area contributed by atoms with E-state index in [9.17, 15) is 9.59 Å². The minimum Gasteiger partial charge on any atom is -0.481 e. The monoisotopic (exact) mass is 283 g/mol. The van der Waals surface area contributed by atoms with Crippen molar-refractivity contribution in [3.05, 3.63) is 0 Å². The molecule has 6 nitrogen and oxygen atoms in total. The van der Waals surface area contributed by atoms with Crippen LogP contribution in [0.4, 0.5) is 4.79 Å². The number of hydrogen-bond acceptors (Lipinski definition) is 3. The molecule has 0 radical (unpaired) electrons. The van der Waals surface area contributed by atoms with Crippen molar-refractivity contribution in [1.82, 2.24) is 15.1 Å².